The van der Waals surface area contributed by atoms with Crippen LogP contribution >= 0.6 is 0 Å². The van der Waals surface area contributed by atoms with E-state index in [0.29, 0.717) is 18.5 Å². The molecule has 0 bridgehead atoms. The first kappa shape index (κ1) is 14.2. The molecule has 0 saturated carbocycles. The summed E-state index contributed by atoms with van der Waals surface area (Å²) in [5.41, 5.74) is 0. The summed E-state index contributed by atoms with van der Waals surface area (Å²) >= 11 is 0. The van der Waals surface area contributed by atoms with Crippen molar-refractivity contribution in [3.05, 3.63) is 12.2 Å². The number of hydrogen-bond donors (Lipinski definition) is 1. The second-order valence-electron chi connectivity index (χ2n) is 4.49. The van der Waals surface area contributed by atoms with Crippen LogP contribution < -0.4 is 5.32 Å². The summed E-state index contributed by atoms with van der Waals surface area (Å²) in [6, 6.07) is 0.416. The number of carbonyl (C=O) groups excluding carboxylic acids is 1. The van der Waals surface area contributed by atoms with E-state index in [1.165, 1.54) is 0 Å². The molecule has 0 aliphatic heterocycles. The van der Waals surface area contributed by atoms with E-state index in [4.69, 9.17) is 0 Å². The number of carbonyl (C=O) groups is 1. The molecule has 1 unspecified atom stereocenters. The molecule has 0 fully saturated rings. The minimum Gasteiger partial charge on any atom is -0.351 e. The molecule has 3 heteroatoms. The van der Waals surface area contributed by atoms with Crippen LogP contribution in [0.4, 0.5) is 0 Å². The zero-order chi connectivity index (χ0) is 11.8. The molecule has 0 aliphatic rings. The Bertz CT molecular complexity index is 210. The van der Waals surface area contributed by atoms with E-state index in [9.17, 15) is 4.79 Å². The molecule has 0 aromatic heterocycles. The number of nitrogens with one attached hydrogen (secondary N) is 1. The molecule has 0 aliphatic carbocycles. The highest BCUT2D eigenvalue weighted by Gasteiger charge is 2.13. The van der Waals surface area contributed by atoms with Crippen LogP contribution in [-0.2, 0) is 4.79 Å². The first-order chi connectivity index (χ1) is 6.97. The molecular weight excluding hydrogens is 188 g/mol. The summed E-state index contributed by atoms with van der Waals surface area (Å²) < 4.78 is 0. The van der Waals surface area contributed by atoms with Crippen molar-refractivity contribution in [2.75, 3.05) is 20.6 Å². The van der Waals surface area contributed by atoms with Gasteiger partial charge in [-0.15, -0.1) is 0 Å². The van der Waals surface area contributed by atoms with E-state index < -0.39 is 0 Å². The quantitative estimate of drug-likeness (QED) is 0.679. The number of allylic oxidation sites excluding steroid dienone is 1. The van der Waals surface area contributed by atoms with Crippen LogP contribution in [0, 0.1) is 5.92 Å². The third kappa shape index (κ3) is 7.14. The monoisotopic (exact) mass is 212 g/mol. The van der Waals surface area contributed by atoms with Gasteiger partial charge in [-0.2, -0.15) is 0 Å². The van der Waals surface area contributed by atoms with E-state index in [2.05, 4.69) is 38.2 Å². The Morgan fingerprint density at radius 1 is 1.40 bits per heavy atom. The van der Waals surface area contributed by atoms with Crippen molar-refractivity contribution in [3.8, 4) is 0 Å². The number of hydrogen-bond acceptors (Lipinski definition) is 2. The lowest BCUT2D eigenvalue weighted by atomic mass is 10.0. The van der Waals surface area contributed by atoms with Crippen molar-refractivity contribution in [2.45, 2.75) is 33.2 Å². The maximum absolute atomic E-state index is 11.2. The summed E-state index contributed by atoms with van der Waals surface area (Å²) in [4.78, 5) is 13.4. The molecule has 0 saturated heterocycles. The van der Waals surface area contributed by atoms with Crippen LogP contribution in [-0.4, -0.2) is 37.5 Å². The number of amides is 1. The molecule has 0 heterocycles. The van der Waals surface area contributed by atoms with E-state index >= 15 is 0 Å². The van der Waals surface area contributed by atoms with Gasteiger partial charge in [-0.25, -0.2) is 0 Å². The zero-order valence-corrected chi connectivity index (χ0v) is 10.6. The molecule has 15 heavy (non-hydrogen) atoms. The Labute approximate surface area is 93.5 Å². The Balaban J connectivity index is 4.01. The van der Waals surface area contributed by atoms with Crippen LogP contribution in [0.3, 0.4) is 0 Å². The highest BCUT2D eigenvalue weighted by atomic mass is 16.1. The van der Waals surface area contributed by atoms with Gasteiger partial charge in [0.15, 0.2) is 0 Å². The van der Waals surface area contributed by atoms with Crippen molar-refractivity contribution < 1.29 is 4.79 Å². The third-order valence-corrected chi connectivity index (χ3v) is 2.30. The molecule has 0 spiro atoms. The van der Waals surface area contributed by atoms with Gasteiger partial charge < -0.3 is 10.2 Å². The normalized spacial score (nSPS) is 13.8. The molecular formula is C12H24N2O. The Hall–Kier alpha value is -0.830. The van der Waals surface area contributed by atoms with E-state index in [1.807, 2.05) is 6.92 Å². The SMILES string of the molecule is CC=CC(=O)NCC(CC(C)C)N(C)C. The highest BCUT2D eigenvalue weighted by molar-refractivity contribution is 5.87. The van der Waals surface area contributed by atoms with Gasteiger partial charge in [-0.1, -0.05) is 19.9 Å². The average Bonchev–Trinajstić information content (AvgIpc) is 2.11. The predicted octanol–water partition coefficient (Wildman–Crippen LogP) is 1.66. The fraction of sp³-hybridized carbons (Fsp3) is 0.750. The highest BCUT2D eigenvalue weighted by Crippen LogP contribution is 2.07. The number of likely N-dealkylation sites (N-methyl/N-ethyl adjacent to an activating group) is 1. The van der Waals surface area contributed by atoms with Crippen molar-refractivity contribution in [1.82, 2.24) is 10.2 Å². The predicted molar refractivity (Wildman–Crippen MR) is 64.8 cm³/mol. The van der Waals surface area contributed by atoms with Gasteiger partial charge in [-0.05, 0) is 39.4 Å². The molecule has 1 atom stereocenters. The van der Waals surface area contributed by atoms with Crippen molar-refractivity contribution >= 4 is 5.91 Å². The lowest BCUT2D eigenvalue weighted by Gasteiger charge is -2.25. The fourth-order valence-corrected chi connectivity index (χ4v) is 1.45. The average molecular weight is 212 g/mol. The second kappa shape index (κ2) is 7.46. The zero-order valence-electron chi connectivity index (χ0n) is 10.6. The summed E-state index contributed by atoms with van der Waals surface area (Å²) in [5.74, 6) is 0.643. The summed E-state index contributed by atoms with van der Waals surface area (Å²) in [6.45, 7) is 6.96. The standard InChI is InChI=1S/C12H24N2O/c1-6-7-12(15)13-9-11(14(4)5)8-10(2)3/h6-7,10-11H,8-9H2,1-5H3,(H,13,15). The fourth-order valence-electron chi connectivity index (χ4n) is 1.45. The molecule has 1 N–H and O–H groups in total. The molecule has 3 nitrogen and oxygen atoms in total. The summed E-state index contributed by atoms with van der Waals surface area (Å²) in [6.07, 6.45) is 4.41. The van der Waals surface area contributed by atoms with Gasteiger partial charge in [0.25, 0.3) is 0 Å². The van der Waals surface area contributed by atoms with E-state index in [1.54, 1.807) is 12.2 Å². The maximum atomic E-state index is 11.2. The smallest absolute Gasteiger partial charge is 0.243 e. The number of nitrogens with zero attached hydrogens (tertiary/aromatic N) is 1. The largest absolute Gasteiger partial charge is 0.351 e. The van der Waals surface area contributed by atoms with Crippen LogP contribution in [0.25, 0.3) is 0 Å². The third-order valence-electron chi connectivity index (χ3n) is 2.30. The Morgan fingerprint density at radius 3 is 2.40 bits per heavy atom. The van der Waals surface area contributed by atoms with Gasteiger partial charge in [-0.3, -0.25) is 4.79 Å². The van der Waals surface area contributed by atoms with Gasteiger partial charge in [0.05, 0.1) is 0 Å². The topological polar surface area (TPSA) is 32.3 Å². The molecule has 0 radical (unpaired) electrons. The second-order valence-corrected chi connectivity index (χ2v) is 4.49. The van der Waals surface area contributed by atoms with Crippen LogP contribution in [0.1, 0.15) is 27.2 Å². The molecule has 0 aromatic carbocycles. The van der Waals surface area contributed by atoms with Gasteiger partial charge in [0, 0.05) is 12.6 Å². The van der Waals surface area contributed by atoms with Gasteiger partial charge in [0.2, 0.25) is 5.91 Å². The lowest BCUT2D eigenvalue weighted by Crippen LogP contribution is -2.40. The minimum atomic E-state index is -0.00638. The van der Waals surface area contributed by atoms with Crippen LogP contribution in [0.15, 0.2) is 12.2 Å². The van der Waals surface area contributed by atoms with Gasteiger partial charge >= 0.3 is 0 Å². The van der Waals surface area contributed by atoms with Gasteiger partial charge in [0.1, 0.15) is 0 Å². The maximum Gasteiger partial charge on any atom is 0.243 e. The first-order valence-electron chi connectivity index (χ1n) is 5.54. The van der Waals surface area contributed by atoms with E-state index in [-0.39, 0.29) is 5.91 Å². The van der Waals surface area contributed by atoms with Crippen LogP contribution in [0.5, 0.6) is 0 Å². The summed E-state index contributed by atoms with van der Waals surface area (Å²) in [5, 5.41) is 2.90. The van der Waals surface area contributed by atoms with Crippen molar-refractivity contribution in [1.29, 1.82) is 0 Å². The Kier molecular flexibility index (Phi) is 7.05. The molecule has 0 rings (SSSR count). The number of rotatable bonds is 6. The van der Waals surface area contributed by atoms with Crippen molar-refractivity contribution in [2.24, 2.45) is 5.92 Å². The van der Waals surface area contributed by atoms with Crippen LogP contribution in [0.2, 0.25) is 0 Å². The molecule has 88 valence electrons. The van der Waals surface area contributed by atoms with E-state index in [0.717, 1.165) is 6.42 Å². The molecule has 0 aromatic rings. The summed E-state index contributed by atoms with van der Waals surface area (Å²) in [7, 11) is 4.10. The first-order valence-corrected chi connectivity index (χ1v) is 5.54. The lowest BCUT2D eigenvalue weighted by molar-refractivity contribution is -0.116. The minimum absolute atomic E-state index is 0.00638. The molecule has 1 amide bonds. The Morgan fingerprint density at radius 2 is 2.00 bits per heavy atom. The van der Waals surface area contributed by atoms with Crippen molar-refractivity contribution in [3.63, 3.8) is 0 Å².